The lowest BCUT2D eigenvalue weighted by molar-refractivity contribution is 0.137. The van der Waals surface area contributed by atoms with Gasteiger partial charge < -0.3 is 4.74 Å². The minimum absolute atomic E-state index is 0.123. The second-order valence-electron chi connectivity index (χ2n) is 6.44. The Kier molecular flexibility index (Phi) is 5.95. The molecule has 9 heteroatoms. The number of ether oxygens (including phenoxy) is 1. The highest BCUT2D eigenvalue weighted by Gasteiger charge is 2.28. The number of aryl methyl sites for hydroxylation is 1. The van der Waals surface area contributed by atoms with Crippen LogP contribution in [-0.4, -0.2) is 30.5 Å². The number of nitrogens with zero attached hydrogens (tertiary/aromatic N) is 3. The third kappa shape index (κ3) is 4.75. The molecule has 1 aliphatic rings. The van der Waals surface area contributed by atoms with E-state index in [4.69, 9.17) is 21.6 Å². The van der Waals surface area contributed by atoms with Crippen LogP contribution in [0.2, 0.25) is 5.02 Å². The molecule has 142 valence electrons. The molecule has 1 aliphatic carbocycles. The van der Waals surface area contributed by atoms with E-state index >= 15 is 0 Å². The van der Waals surface area contributed by atoms with Crippen LogP contribution in [0.25, 0.3) is 0 Å². The molecule has 7 nitrogen and oxygen atoms in total. The maximum Gasteiger partial charge on any atom is 0.251 e. The number of sulfonamides is 1. The first-order valence-corrected chi connectivity index (χ1v) is 10.4. The molecule has 0 unspecified atom stereocenters. The van der Waals surface area contributed by atoms with E-state index in [0.29, 0.717) is 36.3 Å². The molecule has 1 saturated carbocycles. The lowest BCUT2D eigenvalue weighted by Gasteiger charge is -2.29. The second kappa shape index (κ2) is 8.21. The molecule has 1 fully saturated rings. The van der Waals surface area contributed by atoms with Gasteiger partial charge in [0.15, 0.2) is 0 Å². The first-order valence-electron chi connectivity index (χ1n) is 8.55. The summed E-state index contributed by atoms with van der Waals surface area (Å²) >= 11 is 5.94. The van der Waals surface area contributed by atoms with E-state index in [1.807, 2.05) is 6.07 Å². The van der Waals surface area contributed by atoms with Crippen molar-refractivity contribution in [1.82, 2.24) is 14.7 Å². The van der Waals surface area contributed by atoms with Gasteiger partial charge in [0.2, 0.25) is 15.7 Å². The topological polar surface area (TPSA) is 105 Å². The molecule has 0 radical (unpaired) electrons. The predicted octanol–water partition coefficient (Wildman–Crippen LogP) is 2.98. The van der Waals surface area contributed by atoms with Gasteiger partial charge in [-0.1, -0.05) is 17.7 Å². The van der Waals surface area contributed by atoms with Crippen molar-refractivity contribution >= 4 is 21.6 Å². The van der Waals surface area contributed by atoms with Gasteiger partial charge >= 0.3 is 0 Å². The number of halogens is 1. The Labute approximate surface area is 163 Å². The molecule has 1 aromatic carbocycles. The van der Waals surface area contributed by atoms with Crippen molar-refractivity contribution in [3.63, 3.8) is 0 Å². The third-order valence-corrected chi connectivity index (χ3v) is 6.38. The van der Waals surface area contributed by atoms with Gasteiger partial charge in [-0.2, -0.15) is 5.26 Å². The molecule has 0 atom stereocenters. The molecular weight excluding hydrogens is 388 g/mol. The monoisotopic (exact) mass is 406 g/mol. The maximum atomic E-state index is 12.7. The average Bonchev–Trinajstić information content (AvgIpc) is 2.65. The molecule has 0 bridgehead atoms. The fourth-order valence-electron chi connectivity index (χ4n) is 3.09. The molecule has 0 saturated heterocycles. The van der Waals surface area contributed by atoms with Crippen molar-refractivity contribution in [2.24, 2.45) is 0 Å². The summed E-state index contributed by atoms with van der Waals surface area (Å²) in [4.78, 5) is 8.17. The summed E-state index contributed by atoms with van der Waals surface area (Å²) in [7, 11) is -3.64. The van der Waals surface area contributed by atoms with Crippen LogP contribution >= 0.6 is 11.6 Å². The number of nitrogens with one attached hydrogen (secondary N) is 1. The summed E-state index contributed by atoms with van der Waals surface area (Å²) in [5.74, 6) is 0.221. The zero-order valence-electron chi connectivity index (χ0n) is 14.7. The van der Waals surface area contributed by atoms with Crippen molar-refractivity contribution in [3.8, 4) is 11.9 Å². The van der Waals surface area contributed by atoms with Crippen LogP contribution in [0.15, 0.2) is 35.5 Å². The Morgan fingerprint density at radius 2 is 1.93 bits per heavy atom. The van der Waals surface area contributed by atoms with E-state index in [-0.39, 0.29) is 28.6 Å². The van der Waals surface area contributed by atoms with Crippen molar-refractivity contribution in [2.75, 3.05) is 0 Å². The lowest BCUT2D eigenvalue weighted by atomic mass is 9.94. The largest absolute Gasteiger partial charge is 0.472 e. The molecule has 0 spiro atoms. The minimum Gasteiger partial charge on any atom is -0.472 e. The number of aromatic nitrogens is 2. The Bertz CT molecular complexity index is 967. The van der Waals surface area contributed by atoms with Crippen LogP contribution < -0.4 is 9.46 Å². The smallest absolute Gasteiger partial charge is 0.251 e. The first kappa shape index (κ1) is 19.5. The van der Waals surface area contributed by atoms with Crippen molar-refractivity contribution < 1.29 is 13.2 Å². The van der Waals surface area contributed by atoms with Gasteiger partial charge in [0.25, 0.3) is 5.88 Å². The van der Waals surface area contributed by atoms with Gasteiger partial charge in [0.05, 0.1) is 4.90 Å². The molecule has 3 rings (SSSR count). The third-order valence-electron chi connectivity index (χ3n) is 4.48. The quantitative estimate of drug-likeness (QED) is 0.818. The van der Waals surface area contributed by atoms with Crippen LogP contribution in [-0.2, 0) is 10.0 Å². The summed E-state index contributed by atoms with van der Waals surface area (Å²) in [5.41, 5.74) is 0.798. The normalized spacial score (nSPS) is 20.0. The first-order chi connectivity index (χ1) is 12.9. The van der Waals surface area contributed by atoms with E-state index in [2.05, 4.69) is 14.7 Å². The summed E-state index contributed by atoms with van der Waals surface area (Å²) in [6.07, 6.45) is 5.37. The van der Waals surface area contributed by atoms with E-state index in [9.17, 15) is 8.42 Å². The fraction of sp³-hybridized carbons (Fsp3) is 0.389. The number of benzene rings is 1. The van der Waals surface area contributed by atoms with E-state index in [1.54, 1.807) is 19.1 Å². The summed E-state index contributed by atoms with van der Waals surface area (Å²) < 4.78 is 33.9. The Morgan fingerprint density at radius 3 is 2.63 bits per heavy atom. The maximum absolute atomic E-state index is 12.7. The van der Waals surface area contributed by atoms with Gasteiger partial charge in [-0.15, -0.1) is 0 Å². The van der Waals surface area contributed by atoms with Crippen molar-refractivity contribution in [2.45, 2.75) is 49.6 Å². The van der Waals surface area contributed by atoms with Gasteiger partial charge in [0.1, 0.15) is 12.2 Å². The highest BCUT2D eigenvalue weighted by atomic mass is 35.5. The van der Waals surface area contributed by atoms with Gasteiger partial charge in [0, 0.05) is 23.5 Å². The number of rotatable bonds is 5. The van der Waals surface area contributed by atoms with Crippen LogP contribution in [0.1, 0.15) is 36.9 Å². The summed E-state index contributed by atoms with van der Waals surface area (Å²) in [5, 5.41) is 9.43. The van der Waals surface area contributed by atoms with E-state index in [0.717, 1.165) is 0 Å². The van der Waals surface area contributed by atoms with Crippen LogP contribution in [0, 0.1) is 18.3 Å². The van der Waals surface area contributed by atoms with E-state index in [1.165, 1.54) is 18.5 Å². The van der Waals surface area contributed by atoms with Crippen LogP contribution in [0.5, 0.6) is 5.88 Å². The van der Waals surface area contributed by atoms with Crippen LogP contribution in [0.3, 0.4) is 0 Å². The van der Waals surface area contributed by atoms with Gasteiger partial charge in [-0.25, -0.2) is 23.1 Å². The SMILES string of the molecule is Cc1ccc(Cl)cc1S(=O)(=O)NC1CCC(Oc2nccnc2C#N)CC1. The van der Waals surface area contributed by atoms with Crippen LogP contribution in [0.4, 0.5) is 0 Å². The zero-order valence-corrected chi connectivity index (χ0v) is 16.3. The number of hydrogen-bond acceptors (Lipinski definition) is 6. The molecule has 1 aromatic heterocycles. The molecule has 1 heterocycles. The fourth-order valence-corrected chi connectivity index (χ4v) is 4.90. The van der Waals surface area contributed by atoms with E-state index < -0.39 is 10.0 Å². The van der Waals surface area contributed by atoms with Gasteiger partial charge in [-0.05, 0) is 50.3 Å². The van der Waals surface area contributed by atoms with Crippen molar-refractivity contribution in [3.05, 3.63) is 46.9 Å². The standard InChI is InChI=1S/C18H19ClN4O3S/c1-12-2-3-13(19)10-17(12)27(24,25)23-14-4-6-15(7-5-14)26-18-16(11-20)21-8-9-22-18/h2-3,8-10,14-15,23H,4-7H2,1H3. The average molecular weight is 407 g/mol. The summed E-state index contributed by atoms with van der Waals surface area (Å²) in [6, 6.07) is 6.60. The minimum atomic E-state index is -3.64. The molecule has 27 heavy (non-hydrogen) atoms. The molecule has 0 amide bonds. The Hall–Kier alpha value is -2.21. The Balaban J connectivity index is 1.61. The summed E-state index contributed by atoms with van der Waals surface area (Å²) in [6.45, 7) is 1.74. The highest BCUT2D eigenvalue weighted by Crippen LogP contribution is 2.26. The van der Waals surface area contributed by atoms with Gasteiger partial charge in [-0.3, -0.25) is 0 Å². The van der Waals surface area contributed by atoms with Crippen molar-refractivity contribution in [1.29, 1.82) is 5.26 Å². The lowest BCUT2D eigenvalue weighted by Crippen LogP contribution is -2.40. The Morgan fingerprint density at radius 1 is 1.22 bits per heavy atom. The zero-order chi connectivity index (χ0) is 19.4. The molecule has 1 N–H and O–H groups in total. The number of hydrogen-bond donors (Lipinski definition) is 1. The molecule has 2 aromatic rings. The molecular formula is C18H19ClN4O3S. The predicted molar refractivity (Wildman–Crippen MR) is 99.9 cm³/mol. The highest BCUT2D eigenvalue weighted by molar-refractivity contribution is 7.89. The molecule has 0 aliphatic heterocycles. The number of nitriles is 1. The second-order valence-corrected chi connectivity index (χ2v) is 8.56.